The molecule has 0 spiro atoms. The second-order valence-corrected chi connectivity index (χ2v) is 8.90. The molecule has 5 N–H and O–H groups in total. The van der Waals surface area contributed by atoms with Gasteiger partial charge in [-0.3, -0.25) is 9.79 Å². The number of aromatic nitrogens is 4. The number of nitrogens with two attached hydrogens (primary N) is 1. The highest BCUT2D eigenvalue weighted by Crippen LogP contribution is 2.21. The smallest absolute Gasteiger partial charge is 0.339 e. The summed E-state index contributed by atoms with van der Waals surface area (Å²) >= 11 is 0. The Morgan fingerprint density at radius 2 is 1.85 bits per heavy atom. The topological polar surface area (TPSA) is 161 Å². The van der Waals surface area contributed by atoms with E-state index in [1.807, 2.05) is 35.9 Å². The number of imidazole rings is 2. The van der Waals surface area contributed by atoms with Gasteiger partial charge in [0.2, 0.25) is 0 Å². The summed E-state index contributed by atoms with van der Waals surface area (Å²) in [7, 11) is 3.55. The highest BCUT2D eigenvalue weighted by atomic mass is 16.5. The number of carbonyl (C=O) groups is 2. The quantitative estimate of drug-likeness (QED) is 0.131. The molecule has 0 fully saturated rings. The van der Waals surface area contributed by atoms with Gasteiger partial charge >= 0.3 is 5.97 Å². The Morgan fingerprint density at radius 3 is 2.64 bits per heavy atom. The maximum Gasteiger partial charge on any atom is 0.339 e. The molecule has 0 aliphatic carbocycles. The van der Waals surface area contributed by atoms with Gasteiger partial charge < -0.3 is 30.4 Å². The first kappa shape index (κ1) is 25.5. The van der Waals surface area contributed by atoms with E-state index in [-0.39, 0.29) is 30.4 Å². The van der Waals surface area contributed by atoms with Gasteiger partial charge in [-0.05, 0) is 48.5 Å². The molecule has 0 radical (unpaired) electrons. The minimum absolute atomic E-state index is 0.0735. The van der Waals surface area contributed by atoms with E-state index >= 15 is 0 Å². The minimum atomic E-state index is -1.07. The van der Waals surface area contributed by atoms with Crippen molar-refractivity contribution in [1.29, 1.82) is 0 Å². The molecule has 198 valence electrons. The zero-order chi connectivity index (χ0) is 27.5. The molecule has 3 aromatic carbocycles. The Labute approximate surface area is 223 Å². The number of hydrogen-bond acceptors (Lipinski definition) is 6. The van der Waals surface area contributed by atoms with Crippen LogP contribution in [0.4, 0.5) is 0 Å². The van der Waals surface area contributed by atoms with Gasteiger partial charge in [0.05, 0.1) is 35.0 Å². The number of amidine groups is 1. The highest BCUT2D eigenvalue weighted by Gasteiger charge is 2.15. The molecule has 1 amide bonds. The van der Waals surface area contributed by atoms with E-state index in [9.17, 15) is 14.7 Å². The second kappa shape index (κ2) is 10.7. The number of benzene rings is 3. The predicted molar refractivity (Wildman–Crippen MR) is 147 cm³/mol. The van der Waals surface area contributed by atoms with E-state index in [0.29, 0.717) is 17.8 Å². The van der Waals surface area contributed by atoms with Crippen molar-refractivity contribution in [1.82, 2.24) is 24.8 Å². The summed E-state index contributed by atoms with van der Waals surface area (Å²) < 4.78 is 7.49. The molecule has 39 heavy (non-hydrogen) atoms. The van der Waals surface area contributed by atoms with Crippen molar-refractivity contribution in [3.8, 4) is 5.75 Å². The number of rotatable bonds is 9. The molecule has 5 rings (SSSR count). The molecule has 0 saturated heterocycles. The van der Waals surface area contributed by atoms with Crippen LogP contribution in [0, 0.1) is 0 Å². The van der Waals surface area contributed by atoms with Crippen LogP contribution in [0.25, 0.3) is 22.1 Å². The van der Waals surface area contributed by atoms with E-state index < -0.39 is 5.97 Å². The van der Waals surface area contributed by atoms with Gasteiger partial charge in [0.25, 0.3) is 5.91 Å². The van der Waals surface area contributed by atoms with Crippen LogP contribution in [-0.4, -0.2) is 62.5 Å². The summed E-state index contributed by atoms with van der Waals surface area (Å²) in [5, 5.41) is 12.1. The number of hydrogen-bond donors (Lipinski definition) is 4. The van der Waals surface area contributed by atoms with Crippen molar-refractivity contribution < 1.29 is 19.4 Å². The van der Waals surface area contributed by atoms with Crippen LogP contribution < -0.4 is 15.8 Å². The van der Waals surface area contributed by atoms with E-state index in [0.717, 1.165) is 39.3 Å². The van der Waals surface area contributed by atoms with Crippen LogP contribution >= 0.6 is 0 Å². The number of aromatic amines is 1. The number of aryl methyl sites for hydroxylation is 1. The van der Waals surface area contributed by atoms with Gasteiger partial charge in [0, 0.05) is 25.2 Å². The number of H-pyrrole nitrogens is 1. The lowest BCUT2D eigenvalue weighted by Crippen LogP contribution is -2.28. The number of carboxylic acids is 1. The normalized spacial score (nSPS) is 11.7. The van der Waals surface area contributed by atoms with Crippen LogP contribution in [-0.2, 0) is 13.5 Å². The van der Waals surface area contributed by atoms with Crippen LogP contribution in [0.3, 0.4) is 0 Å². The molecule has 2 heterocycles. The van der Waals surface area contributed by atoms with Gasteiger partial charge in [-0.2, -0.15) is 0 Å². The minimum Gasteiger partial charge on any atom is -0.491 e. The number of carbonyl (C=O) groups excluding carboxylic acids is 1. The summed E-state index contributed by atoms with van der Waals surface area (Å²) in [6.45, 7) is 0.343. The first-order valence-corrected chi connectivity index (χ1v) is 12.2. The van der Waals surface area contributed by atoms with Crippen LogP contribution in [0.1, 0.15) is 37.9 Å². The molecule has 11 heteroatoms. The fraction of sp³-hybridized carbons (Fsp3) is 0.179. The summed E-state index contributed by atoms with van der Waals surface area (Å²) in [5.74, 6) is 0.931. The molecule has 11 nitrogen and oxygen atoms in total. The number of amides is 1. The zero-order valence-corrected chi connectivity index (χ0v) is 21.4. The van der Waals surface area contributed by atoms with Crippen LogP contribution in [0.5, 0.6) is 5.75 Å². The van der Waals surface area contributed by atoms with Crippen molar-refractivity contribution >= 4 is 39.8 Å². The van der Waals surface area contributed by atoms with Crippen LogP contribution in [0.2, 0.25) is 0 Å². The lowest BCUT2D eigenvalue weighted by molar-refractivity contribution is 0.0691. The SMILES string of the molecule is CN=C(N)c1ccc2nc(Cc3nc4ccc(C(=O)NCCOc5ccccc5C(=O)O)cc4n3C)[nH]c2c1. The third-order valence-corrected chi connectivity index (χ3v) is 6.39. The van der Waals surface area contributed by atoms with Crippen molar-refractivity contribution in [3.63, 3.8) is 0 Å². The van der Waals surface area contributed by atoms with Crippen molar-refractivity contribution in [3.05, 3.63) is 89.0 Å². The highest BCUT2D eigenvalue weighted by molar-refractivity contribution is 6.00. The second-order valence-electron chi connectivity index (χ2n) is 8.90. The molecule has 2 aromatic heterocycles. The average Bonchev–Trinajstić information content (AvgIpc) is 3.49. The number of carboxylic acid groups (broad SMARTS) is 1. The number of para-hydroxylation sites is 1. The van der Waals surface area contributed by atoms with Crippen molar-refractivity contribution in [2.75, 3.05) is 20.2 Å². The molecule has 0 unspecified atom stereocenters. The van der Waals surface area contributed by atoms with Gasteiger partial charge in [0.15, 0.2) is 0 Å². The van der Waals surface area contributed by atoms with Gasteiger partial charge in [-0.1, -0.05) is 12.1 Å². The summed E-state index contributed by atoms with van der Waals surface area (Å²) in [5.41, 5.74) is 10.6. The molecule has 5 aromatic rings. The van der Waals surface area contributed by atoms with Crippen molar-refractivity contribution in [2.45, 2.75) is 6.42 Å². The first-order valence-electron chi connectivity index (χ1n) is 12.2. The third-order valence-electron chi connectivity index (χ3n) is 6.39. The van der Waals surface area contributed by atoms with Crippen LogP contribution in [0.15, 0.2) is 65.7 Å². The van der Waals surface area contributed by atoms with E-state index in [1.165, 1.54) is 6.07 Å². The predicted octanol–water partition coefficient (Wildman–Crippen LogP) is 2.88. The van der Waals surface area contributed by atoms with Gasteiger partial charge in [-0.15, -0.1) is 0 Å². The van der Waals surface area contributed by atoms with E-state index in [4.69, 9.17) is 15.5 Å². The van der Waals surface area contributed by atoms with Crippen molar-refractivity contribution in [2.24, 2.45) is 17.8 Å². The maximum absolute atomic E-state index is 12.8. The Kier molecular flexibility index (Phi) is 6.96. The number of fused-ring (bicyclic) bond motifs is 2. The molecule has 0 bridgehead atoms. The Morgan fingerprint density at radius 1 is 1.08 bits per heavy atom. The fourth-order valence-corrected chi connectivity index (χ4v) is 4.32. The standard InChI is InChI=1S/C28H27N7O4/c1-30-26(29)16-7-9-19-21(13-16)33-24(32-19)15-25-34-20-10-8-17(14-22(20)35(25)2)27(36)31-11-12-39-23-6-4-3-5-18(23)28(37)38/h3-10,13-14H,11-12,15H2,1-2H3,(H2,29,30)(H,31,36)(H,32,33)(H,37,38). The lowest BCUT2D eigenvalue weighted by atomic mass is 10.2. The summed E-state index contributed by atoms with van der Waals surface area (Å²) in [6, 6.07) is 17.4. The fourth-order valence-electron chi connectivity index (χ4n) is 4.32. The monoisotopic (exact) mass is 525 g/mol. The lowest BCUT2D eigenvalue weighted by Gasteiger charge is -2.10. The Balaban J connectivity index is 1.26. The van der Waals surface area contributed by atoms with Gasteiger partial charge in [0.1, 0.15) is 35.4 Å². The molecular weight excluding hydrogens is 498 g/mol. The largest absolute Gasteiger partial charge is 0.491 e. The van der Waals surface area contributed by atoms with E-state index in [1.54, 1.807) is 37.4 Å². The third kappa shape index (κ3) is 5.28. The Hall–Kier alpha value is -5.19. The number of aliphatic imine (C=N–C) groups is 1. The number of aromatic carboxylic acids is 1. The zero-order valence-electron chi connectivity index (χ0n) is 21.4. The number of nitrogens with one attached hydrogen (secondary N) is 2. The Bertz CT molecular complexity index is 1730. The van der Waals surface area contributed by atoms with Gasteiger partial charge in [-0.25, -0.2) is 14.8 Å². The summed E-state index contributed by atoms with van der Waals surface area (Å²) in [6.07, 6.45) is 0.475. The van der Waals surface area contributed by atoms with E-state index in [2.05, 4.69) is 20.3 Å². The first-order chi connectivity index (χ1) is 18.8. The number of ether oxygens (including phenoxy) is 1. The average molecular weight is 526 g/mol. The molecular formula is C28H27N7O4. The molecule has 0 aliphatic heterocycles. The maximum atomic E-state index is 12.8. The molecule has 0 saturated carbocycles. The molecule has 0 atom stereocenters. The summed E-state index contributed by atoms with van der Waals surface area (Å²) in [4.78, 5) is 40.8. The molecule has 0 aliphatic rings. The number of nitrogens with zero attached hydrogens (tertiary/aromatic N) is 4.